The number of fused-ring (bicyclic) bond motifs is 1. The number of carbonyl (C=O) groups excluding carboxylic acids is 1. The number of hydrogen-bond donors (Lipinski definition) is 0. The van der Waals surface area contributed by atoms with Gasteiger partial charge in [-0.3, -0.25) is 0 Å². The Labute approximate surface area is 157 Å². The second-order valence-electron chi connectivity index (χ2n) is 6.13. The third-order valence-corrected chi connectivity index (χ3v) is 4.53. The zero-order chi connectivity index (χ0) is 18.8. The SMILES string of the molecule is COc1ccc(/C=C2/C=C(c3cccc4ccccc34)OC2=O)c(OC)c1. The Hall–Kier alpha value is -3.53. The number of carbonyl (C=O) groups is 1. The summed E-state index contributed by atoms with van der Waals surface area (Å²) in [5.41, 5.74) is 2.15. The van der Waals surface area contributed by atoms with Crippen molar-refractivity contribution in [2.45, 2.75) is 0 Å². The molecule has 0 aromatic heterocycles. The number of cyclic esters (lactones) is 1. The minimum atomic E-state index is -0.379. The fourth-order valence-corrected chi connectivity index (χ4v) is 3.17. The molecule has 0 spiro atoms. The maximum absolute atomic E-state index is 12.4. The highest BCUT2D eigenvalue weighted by atomic mass is 16.5. The van der Waals surface area contributed by atoms with Crippen LogP contribution in [-0.2, 0) is 9.53 Å². The number of ether oxygens (including phenoxy) is 3. The van der Waals surface area contributed by atoms with Gasteiger partial charge in [0.25, 0.3) is 0 Å². The number of benzene rings is 3. The summed E-state index contributed by atoms with van der Waals surface area (Å²) in [5.74, 6) is 1.49. The topological polar surface area (TPSA) is 44.8 Å². The smallest absolute Gasteiger partial charge is 0.343 e. The second-order valence-corrected chi connectivity index (χ2v) is 6.13. The number of hydrogen-bond acceptors (Lipinski definition) is 4. The van der Waals surface area contributed by atoms with Gasteiger partial charge in [0.05, 0.1) is 19.8 Å². The van der Waals surface area contributed by atoms with Crippen molar-refractivity contribution in [3.8, 4) is 11.5 Å². The summed E-state index contributed by atoms with van der Waals surface area (Å²) < 4.78 is 16.2. The first-order valence-corrected chi connectivity index (χ1v) is 8.55. The van der Waals surface area contributed by atoms with E-state index in [-0.39, 0.29) is 5.97 Å². The Bertz CT molecular complexity index is 1090. The summed E-state index contributed by atoms with van der Waals surface area (Å²) in [7, 11) is 3.18. The van der Waals surface area contributed by atoms with Crippen LogP contribution in [0.5, 0.6) is 11.5 Å². The molecule has 27 heavy (non-hydrogen) atoms. The van der Waals surface area contributed by atoms with Crippen LogP contribution in [0.4, 0.5) is 0 Å². The van der Waals surface area contributed by atoms with Crippen molar-refractivity contribution in [2.75, 3.05) is 14.2 Å². The third-order valence-electron chi connectivity index (χ3n) is 4.53. The molecule has 0 N–H and O–H groups in total. The molecule has 1 aliphatic heterocycles. The van der Waals surface area contributed by atoms with Gasteiger partial charge in [0, 0.05) is 17.2 Å². The van der Waals surface area contributed by atoms with E-state index in [0.29, 0.717) is 22.8 Å². The van der Waals surface area contributed by atoms with Crippen molar-refractivity contribution in [2.24, 2.45) is 0 Å². The molecule has 1 aliphatic rings. The average Bonchev–Trinajstić information content (AvgIpc) is 3.08. The molecule has 1 heterocycles. The lowest BCUT2D eigenvalue weighted by Crippen LogP contribution is -1.98. The summed E-state index contributed by atoms with van der Waals surface area (Å²) in [6.07, 6.45) is 3.53. The van der Waals surface area contributed by atoms with E-state index in [2.05, 4.69) is 0 Å². The van der Waals surface area contributed by atoms with Crippen molar-refractivity contribution >= 4 is 28.6 Å². The highest BCUT2D eigenvalue weighted by Crippen LogP contribution is 2.33. The maximum Gasteiger partial charge on any atom is 0.343 e. The van der Waals surface area contributed by atoms with Gasteiger partial charge in [-0.2, -0.15) is 0 Å². The van der Waals surface area contributed by atoms with Crippen LogP contribution >= 0.6 is 0 Å². The Morgan fingerprint density at radius 1 is 0.926 bits per heavy atom. The van der Waals surface area contributed by atoms with Gasteiger partial charge in [-0.1, -0.05) is 42.5 Å². The second kappa shape index (κ2) is 7.00. The zero-order valence-electron chi connectivity index (χ0n) is 15.1. The van der Waals surface area contributed by atoms with Gasteiger partial charge in [-0.05, 0) is 35.1 Å². The Kier molecular flexibility index (Phi) is 4.38. The molecule has 4 heteroatoms. The van der Waals surface area contributed by atoms with Gasteiger partial charge in [-0.15, -0.1) is 0 Å². The first kappa shape index (κ1) is 16.9. The van der Waals surface area contributed by atoms with Crippen molar-refractivity contribution in [3.05, 3.63) is 83.4 Å². The predicted octanol–water partition coefficient (Wildman–Crippen LogP) is 4.84. The van der Waals surface area contributed by atoms with Crippen LogP contribution in [-0.4, -0.2) is 20.2 Å². The summed E-state index contributed by atoms with van der Waals surface area (Å²) in [5, 5.41) is 2.14. The molecular weight excluding hydrogens is 340 g/mol. The summed E-state index contributed by atoms with van der Waals surface area (Å²) in [4.78, 5) is 12.4. The van der Waals surface area contributed by atoms with Gasteiger partial charge in [0.2, 0.25) is 0 Å². The van der Waals surface area contributed by atoms with Crippen LogP contribution < -0.4 is 9.47 Å². The van der Waals surface area contributed by atoms with Gasteiger partial charge in [0.15, 0.2) is 0 Å². The monoisotopic (exact) mass is 358 g/mol. The van der Waals surface area contributed by atoms with Gasteiger partial charge < -0.3 is 14.2 Å². The van der Waals surface area contributed by atoms with E-state index in [9.17, 15) is 4.79 Å². The number of rotatable bonds is 4. The Morgan fingerprint density at radius 3 is 2.56 bits per heavy atom. The van der Waals surface area contributed by atoms with E-state index < -0.39 is 0 Å². The number of methoxy groups -OCH3 is 2. The predicted molar refractivity (Wildman–Crippen MR) is 106 cm³/mol. The molecule has 4 rings (SSSR count). The molecule has 0 saturated heterocycles. The van der Waals surface area contributed by atoms with E-state index in [0.717, 1.165) is 21.9 Å². The van der Waals surface area contributed by atoms with Crippen LogP contribution in [0.25, 0.3) is 22.6 Å². The first-order chi connectivity index (χ1) is 13.2. The average molecular weight is 358 g/mol. The molecule has 3 aromatic rings. The minimum Gasteiger partial charge on any atom is -0.497 e. The Balaban J connectivity index is 1.76. The van der Waals surface area contributed by atoms with E-state index in [4.69, 9.17) is 14.2 Å². The fraction of sp³-hybridized carbons (Fsp3) is 0.0870. The van der Waals surface area contributed by atoms with Crippen LogP contribution in [0.2, 0.25) is 0 Å². The van der Waals surface area contributed by atoms with Crippen molar-refractivity contribution in [3.63, 3.8) is 0 Å². The molecule has 0 atom stereocenters. The van der Waals surface area contributed by atoms with Crippen LogP contribution in [0, 0.1) is 0 Å². The van der Waals surface area contributed by atoms with E-state index in [1.54, 1.807) is 32.4 Å². The lowest BCUT2D eigenvalue weighted by atomic mass is 10.0. The van der Waals surface area contributed by atoms with Crippen LogP contribution in [0.3, 0.4) is 0 Å². The number of esters is 1. The quantitative estimate of drug-likeness (QED) is 0.495. The van der Waals surface area contributed by atoms with Crippen molar-refractivity contribution < 1.29 is 19.0 Å². The van der Waals surface area contributed by atoms with Gasteiger partial charge in [0.1, 0.15) is 17.3 Å². The molecule has 0 unspecified atom stereocenters. The summed E-state index contributed by atoms with van der Waals surface area (Å²) in [6, 6.07) is 19.4. The van der Waals surface area contributed by atoms with Crippen LogP contribution in [0.1, 0.15) is 11.1 Å². The minimum absolute atomic E-state index is 0.379. The zero-order valence-corrected chi connectivity index (χ0v) is 15.1. The maximum atomic E-state index is 12.4. The molecule has 134 valence electrons. The molecule has 0 bridgehead atoms. The normalized spacial score (nSPS) is 15.0. The first-order valence-electron chi connectivity index (χ1n) is 8.55. The van der Waals surface area contributed by atoms with E-state index in [1.165, 1.54) is 0 Å². The molecular formula is C23H18O4. The molecule has 0 saturated carbocycles. The molecule has 3 aromatic carbocycles. The standard InChI is InChI=1S/C23H18O4/c1-25-18-11-10-16(21(14-18)26-2)12-17-13-22(27-23(17)24)20-9-5-7-15-6-3-4-8-19(15)20/h3-14H,1-2H3/b17-12-. The van der Waals surface area contributed by atoms with Gasteiger partial charge in [-0.25, -0.2) is 4.79 Å². The third kappa shape index (κ3) is 3.17. The van der Waals surface area contributed by atoms with E-state index >= 15 is 0 Å². The fourth-order valence-electron chi connectivity index (χ4n) is 3.17. The Morgan fingerprint density at radius 2 is 1.74 bits per heavy atom. The summed E-state index contributed by atoms with van der Waals surface area (Å²) in [6.45, 7) is 0. The molecule has 0 aliphatic carbocycles. The molecule has 0 fully saturated rings. The lowest BCUT2D eigenvalue weighted by molar-refractivity contribution is -0.130. The van der Waals surface area contributed by atoms with Crippen molar-refractivity contribution in [1.29, 1.82) is 0 Å². The lowest BCUT2D eigenvalue weighted by Gasteiger charge is -2.07. The largest absolute Gasteiger partial charge is 0.497 e. The highest BCUT2D eigenvalue weighted by Gasteiger charge is 2.23. The van der Waals surface area contributed by atoms with Crippen LogP contribution in [0.15, 0.2) is 72.3 Å². The summed E-state index contributed by atoms with van der Waals surface area (Å²) >= 11 is 0. The molecule has 0 amide bonds. The van der Waals surface area contributed by atoms with E-state index in [1.807, 2.05) is 54.6 Å². The highest BCUT2D eigenvalue weighted by molar-refractivity contribution is 6.07. The molecule has 0 radical (unpaired) electrons. The molecule has 4 nitrogen and oxygen atoms in total. The van der Waals surface area contributed by atoms with Crippen molar-refractivity contribution in [1.82, 2.24) is 0 Å². The van der Waals surface area contributed by atoms with Gasteiger partial charge >= 0.3 is 5.97 Å².